The van der Waals surface area contributed by atoms with Crippen LogP contribution in [0.2, 0.25) is 0 Å². The number of likely N-dealkylation sites (N-methyl/N-ethyl adjacent to an activating group) is 2. The van der Waals surface area contributed by atoms with Crippen molar-refractivity contribution >= 4 is 11.6 Å². The molecule has 0 saturated carbocycles. The number of nitrogens with zero attached hydrogens (tertiary/aromatic N) is 3. The summed E-state index contributed by atoms with van der Waals surface area (Å²) in [5, 5.41) is 6.77. The van der Waals surface area contributed by atoms with Crippen LogP contribution in [0.1, 0.15) is 6.42 Å². The van der Waals surface area contributed by atoms with Gasteiger partial charge in [0, 0.05) is 71.2 Å². The summed E-state index contributed by atoms with van der Waals surface area (Å²) in [6, 6.07) is 8.41. The molecule has 1 atom stereocenters. The Morgan fingerprint density at radius 3 is 2.88 bits per heavy atom. The van der Waals surface area contributed by atoms with Crippen molar-refractivity contribution in [2.75, 3.05) is 73.0 Å². The molecule has 7 heteroatoms. The molecule has 0 radical (unpaired) electrons. The van der Waals surface area contributed by atoms with Gasteiger partial charge in [-0.25, -0.2) is 0 Å². The first-order valence-corrected chi connectivity index (χ1v) is 9.20. The largest absolute Gasteiger partial charge is 0.493 e. The maximum Gasteiger partial charge on any atom is 0.195 e. The monoisotopic (exact) mass is 363 g/mol. The van der Waals surface area contributed by atoms with Crippen LogP contribution >= 0.6 is 0 Å². The Morgan fingerprint density at radius 1 is 1.27 bits per heavy atom. The molecule has 1 heterocycles. The molecule has 7 nitrogen and oxygen atoms in total. The van der Waals surface area contributed by atoms with E-state index in [1.807, 2.05) is 24.3 Å². The first-order chi connectivity index (χ1) is 12.6. The van der Waals surface area contributed by atoms with E-state index in [2.05, 4.69) is 39.5 Å². The predicted octanol–water partition coefficient (Wildman–Crippen LogP) is 1.34. The maximum atomic E-state index is 5.75. The van der Waals surface area contributed by atoms with Gasteiger partial charge in [-0.15, -0.1) is 0 Å². The fourth-order valence-electron chi connectivity index (χ4n) is 2.91. The Labute approximate surface area is 157 Å². The molecule has 2 rings (SSSR count). The lowest BCUT2D eigenvalue weighted by Gasteiger charge is -2.37. The quantitative estimate of drug-likeness (QED) is 0.413. The van der Waals surface area contributed by atoms with Crippen LogP contribution < -0.4 is 15.4 Å². The van der Waals surface area contributed by atoms with Crippen LogP contribution in [0, 0.1) is 0 Å². The summed E-state index contributed by atoms with van der Waals surface area (Å²) >= 11 is 0. The number of hydrogen-bond acceptors (Lipinski definition) is 5. The molecule has 1 fully saturated rings. The van der Waals surface area contributed by atoms with Crippen molar-refractivity contribution in [1.29, 1.82) is 0 Å². The van der Waals surface area contributed by atoms with Crippen LogP contribution in [-0.4, -0.2) is 89.4 Å². The van der Waals surface area contributed by atoms with Crippen molar-refractivity contribution in [2.45, 2.75) is 12.5 Å². The lowest BCUT2D eigenvalue weighted by molar-refractivity contribution is 0.116. The summed E-state index contributed by atoms with van der Waals surface area (Å²) in [6.45, 7) is 5.48. The molecule has 1 aliphatic heterocycles. The molecule has 0 spiro atoms. The average molecular weight is 364 g/mol. The zero-order chi connectivity index (χ0) is 18.8. The molecule has 0 amide bonds. The van der Waals surface area contributed by atoms with Gasteiger partial charge >= 0.3 is 0 Å². The van der Waals surface area contributed by atoms with Gasteiger partial charge in [-0.2, -0.15) is 0 Å². The van der Waals surface area contributed by atoms with Gasteiger partial charge in [0.05, 0.1) is 6.61 Å². The molecule has 1 aromatic rings. The van der Waals surface area contributed by atoms with Crippen molar-refractivity contribution in [3.8, 4) is 5.75 Å². The van der Waals surface area contributed by atoms with Crippen molar-refractivity contribution in [2.24, 2.45) is 4.99 Å². The zero-order valence-electron chi connectivity index (χ0n) is 16.5. The van der Waals surface area contributed by atoms with E-state index >= 15 is 0 Å². The first kappa shape index (κ1) is 20.5. The molecular formula is C19H33N5O2. The Bertz CT molecular complexity index is 567. The van der Waals surface area contributed by atoms with Gasteiger partial charge < -0.3 is 25.0 Å². The minimum absolute atomic E-state index is 0.475. The second kappa shape index (κ2) is 11.0. The van der Waals surface area contributed by atoms with Crippen LogP contribution in [0.3, 0.4) is 0 Å². The van der Waals surface area contributed by atoms with Crippen LogP contribution in [0.25, 0.3) is 0 Å². The average Bonchev–Trinajstić information content (AvgIpc) is 2.65. The topological polar surface area (TPSA) is 61.4 Å². The summed E-state index contributed by atoms with van der Waals surface area (Å²) in [7, 11) is 7.84. The number of methoxy groups -OCH3 is 1. The number of aliphatic imine (C=N–C) groups is 1. The van der Waals surface area contributed by atoms with Gasteiger partial charge in [0.2, 0.25) is 0 Å². The Hall–Kier alpha value is -1.83. The van der Waals surface area contributed by atoms with E-state index in [-0.39, 0.29) is 0 Å². The highest BCUT2D eigenvalue weighted by molar-refractivity contribution is 5.93. The van der Waals surface area contributed by atoms with E-state index in [1.54, 1.807) is 14.2 Å². The van der Waals surface area contributed by atoms with Crippen molar-refractivity contribution in [3.05, 3.63) is 24.3 Å². The molecule has 2 N–H and O–H groups in total. The Balaban J connectivity index is 1.83. The third-order valence-electron chi connectivity index (χ3n) is 4.57. The normalized spacial score (nSPS) is 19.4. The summed E-state index contributed by atoms with van der Waals surface area (Å²) in [6.07, 6.45) is 0.876. The molecule has 0 aliphatic carbocycles. The van der Waals surface area contributed by atoms with Gasteiger partial charge in [0.25, 0.3) is 0 Å². The predicted molar refractivity (Wildman–Crippen MR) is 107 cm³/mol. The van der Waals surface area contributed by atoms with E-state index < -0.39 is 0 Å². The minimum Gasteiger partial charge on any atom is -0.493 e. The highest BCUT2D eigenvalue weighted by Gasteiger charge is 2.22. The third-order valence-corrected chi connectivity index (χ3v) is 4.57. The number of benzene rings is 1. The number of anilines is 1. The Morgan fingerprint density at radius 2 is 2.12 bits per heavy atom. The van der Waals surface area contributed by atoms with E-state index in [1.165, 1.54) is 0 Å². The molecule has 1 aliphatic rings. The van der Waals surface area contributed by atoms with Crippen molar-refractivity contribution in [3.63, 3.8) is 0 Å². The van der Waals surface area contributed by atoms with E-state index in [0.717, 1.165) is 50.0 Å². The molecule has 1 aromatic carbocycles. The van der Waals surface area contributed by atoms with Crippen LogP contribution in [0.15, 0.2) is 29.3 Å². The minimum atomic E-state index is 0.475. The zero-order valence-corrected chi connectivity index (χ0v) is 16.5. The van der Waals surface area contributed by atoms with Gasteiger partial charge in [-0.3, -0.25) is 9.89 Å². The number of guanidine groups is 1. The Kier molecular flexibility index (Phi) is 8.67. The number of nitrogens with one attached hydrogen (secondary N) is 2. The van der Waals surface area contributed by atoms with Crippen LogP contribution in [-0.2, 0) is 4.74 Å². The standard InChI is InChI=1S/C19H33N5O2/c1-20-19(21-14-17-15-23(2)9-10-24(17)3)22-16-7-5-8-18(13-16)26-12-6-11-25-4/h5,7-8,13,17H,6,9-12,14-15H2,1-4H3,(H2,20,21,22). The number of piperazine rings is 1. The summed E-state index contributed by atoms with van der Waals surface area (Å²) < 4.78 is 10.8. The van der Waals surface area contributed by atoms with Gasteiger partial charge in [0.15, 0.2) is 5.96 Å². The van der Waals surface area contributed by atoms with Crippen molar-refractivity contribution in [1.82, 2.24) is 15.1 Å². The molecule has 26 heavy (non-hydrogen) atoms. The highest BCUT2D eigenvalue weighted by atomic mass is 16.5. The summed E-state index contributed by atoms with van der Waals surface area (Å²) in [5.74, 6) is 1.61. The smallest absolute Gasteiger partial charge is 0.195 e. The van der Waals surface area contributed by atoms with Gasteiger partial charge in [-0.1, -0.05) is 6.07 Å². The summed E-state index contributed by atoms with van der Waals surface area (Å²) in [4.78, 5) is 9.10. The molecular weight excluding hydrogens is 330 g/mol. The lowest BCUT2D eigenvalue weighted by Crippen LogP contribution is -2.54. The highest BCUT2D eigenvalue weighted by Crippen LogP contribution is 2.17. The van der Waals surface area contributed by atoms with Crippen LogP contribution in [0.4, 0.5) is 5.69 Å². The third kappa shape index (κ3) is 6.82. The first-order valence-electron chi connectivity index (χ1n) is 9.20. The molecule has 146 valence electrons. The number of ether oxygens (including phenoxy) is 2. The van der Waals surface area contributed by atoms with Crippen LogP contribution in [0.5, 0.6) is 5.75 Å². The SMILES string of the molecule is CN=C(NCC1CN(C)CCN1C)Nc1cccc(OCCCOC)c1. The van der Waals surface area contributed by atoms with Crippen molar-refractivity contribution < 1.29 is 9.47 Å². The fraction of sp³-hybridized carbons (Fsp3) is 0.632. The van der Waals surface area contributed by atoms with E-state index in [0.29, 0.717) is 19.3 Å². The second-order valence-corrected chi connectivity index (χ2v) is 6.70. The van der Waals surface area contributed by atoms with E-state index in [4.69, 9.17) is 9.47 Å². The fourth-order valence-corrected chi connectivity index (χ4v) is 2.91. The molecule has 1 unspecified atom stereocenters. The van der Waals surface area contributed by atoms with Gasteiger partial charge in [0.1, 0.15) is 5.75 Å². The molecule has 0 bridgehead atoms. The van der Waals surface area contributed by atoms with Gasteiger partial charge in [-0.05, 0) is 26.2 Å². The maximum absolute atomic E-state index is 5.75. The molecule has 0 aromatic heterocycles. The second-order valence-electron chi connectivity index (χ2n) is 6.70. The lowest BCUT2D eigenvalue weighted by atomic mass is 10.2. The molecule has 1 saturated heterocycles. The number of rotatable bonds is 8. The number of hydrogen-bond donors (Lipinski definition) is 2. The van der Waals surface area contributed by atoms with E-state index in [9.17, 15) is 0 Å². The summed E-state index contributed by atoms with van der Waals surface area (Å²) in [5.41, 5.74) is 0.955.